The van der Waals surface area contributed by atoms with Gasteiger partial charge in [-0.2, -0.15) is 0 Å². The van der Waals surface area contributed by atoms with Gasteiger partial charge in [-0.1, -0.05) is 12.1 Å². The van der Waals surface area contributed by atoms with Crippen molar-refractivity contribution >= 4 is 0 Å². The summed E-state index contributed by atoms with van der Waals surface area (Å²) >= 11 is 0. The number of hydrogen-bond acceptors (Lipinski definition) is 2. The van der Waals surface area contributed by atoms with E-state index >= 15 is 0 Å². The van der Waals surface area contributed by atoms with E-state index in [-0.39, 0.29) is 12.0 Å². The minimum atomic E-state index is -0.206. The lowest BCUT2D eigenvalue weighted by molar-refractivity contribution is 0.251. The second-order valence-corrected chi connectivity index (χ2v) is 3.74. The third-order valence-corrected chi connectivity index (χ3v) is 2.75. The van der Waals surface area contributed by atoms with Crippen molar-refractivity contribution in [2.75, 3.05) is 13.1 Å². The van der Waals surface area contributed by atoms with Gasteiger partial charge in [-0.05, 0) is 43.6 Å². The van der Waals surface area contributed by atoms with Crippen molar-refractivity contribution in [2.24, 2.45) is 5.73 Å². The summed E-state index contributed by atoms with van der Waals surface area (Å²) in [5.41, 5.74) is 7.05. The second-order valence-electron chi connectivity index (χ2n) is 3.74. The van der Waals surface area contributed by atoms with Crippen LogP contribution in [0.5, 0.6) is 0 Å². The highest BCUT2D eigenvalue weighted by molar-refractivity contribution is 5.19. The smallest absolute Gasteiger partial charge is 0.123 e. The maximum absolute atomic E-state index is 12.7. The van der Waals surface area contributed by atoms with E-state index in [0.29, 0.717) is 0 Å². The van der Waals surface area contributed by atoms with Crippen LogP contribution in [-0.2, 0) is 0 Å². The fourth-order valence-corrected chi connectivity index (χ4v) is 1.89. The topological polar surface area (TPSA) is 29.3 Å². The van der Waals surface area contributed by atoms with Crippen LogP contribution in [0.4, 0.5) is 4.39 Å². The van der Waals surface area contributed by atoms with Crippen molar-refractivity contribution in [2.45, 2.75) is 19.0 Å². The van der Waals surface area contributed by atoms with Crippen LogP contribution in [0.2, 0.25) is 0 Å². The van der Waals surface area contributed by atoms with Gasteiger partial charge in [-0.25, -0.2) is 4.39 Å². The number of nitrogens with two attached hydrogens (primary N) is 1. The first-order chi connectivity index (χ1) is 6.77. The second kappa shape index (κ2) is 4.07. The van der Waals surface area contributed by atoms with Gasteiger partial charge in [0.25, 0.3) is 0 Å². The summed E-state index contributed by atoms with van der Waals surface area (Å²) in [7, 11) is 0. The average Bonchev–Trinajstić information content (AvgIpc) is 2.71. The largest absolute Gasteiger partial charge is 0.312 e. The standard InChI is InChI=1S/C11H15FN2/c12-10-5-3-9(4-6-10)11(13)14-7-1-2-8-14/h3-6,11H,1-2,7-8,13H2. The number of benzene rings is 1. The molecule has 14 heavy (non-hydrogen) atoms. The Labute approximate surface area is 83.5 Å². The number of rotatable bonds is 2. The molecule has 1 fully saturated rings. The molecule has 1 heterocycles. The minimum absolute atomic E-state index is 0.0712. The SMILES string of the molecule is NC(c1ccc(F)cc1)N1CCCC1. The fourth-order valence-electron chi connectivity index (χ4n) is 1.89. The van der Waals surface area contributed by atoms with Crippen molar-refractivity contribution in [3.05, 3.63) is 35.6 Å². The molecule has 1 aliphatic heterocycles. The summed E-state index contributed by atoms with van der Waals surface area (Å²) in [4.78, 5) is 2.23. The highest BCUT2D eigenvalue weighted by Crippen LogP contribution is 2.20. The molecular formula is C11H15FN2. The van der Waals surface area contributed by atoms with Crippen molar-refractivity contribution in [1.82, 2.24) is 4.90 Å². The molecular weight excluding hydrogens is 179 g/mol. The number of halogens is 1. The highest BCUT2D eigenvalue weighted by atomic mass is 19.1. The van der Waals surface area contributed by atoms with E-state index < -0.39 is 0 Å². The van der Waals surface area contributed by atoms with Crippen LogP contribution >= 0.6 is 0 Å². The number of likely N-dealkylation sites (tertiary alicyclic amines) is 1. The van der Waals surface area contributed by atoms with E-state index in [4.69, 9.17) is 5.73 Å². The van der Waals surface area contributed by atoms with E-state index in [9.17, 15) is 4.39 Å². The van der Waals surface area contributed by atoms with Crippen molar-refractivity contribution in [3.8, 4) is 0 Å². The zero-order chi connectivity index (χ0) is 9.97. The zero-order valence-electron chi connectivity index (χ0n) is 8.12. The highest BCUT2D eigenvalue weighted by Gasteiger charge is 2.19. The van der Waals surface area contributed by atoms with E-state index in [0.717, 1.165) is 18.7 Å². The molecule has 76 valence electrons. The van der Waals surface area contributed by atoms with E-state index in [1.54, 1.807) is 12.1 Å². The molecule has 1 aromatic carbocycles. The molecule has 3 heteroatoms. The molecule has 0 aliphatic carbocycles. The first-order valence-corrected chi connectivity index (χ1v) is 5.02. The van der Waals surface area contributed by atoms with Gasteiger partial charge in [0.2, 0.25) is 0 Å². The summed E-state index contributed by atoms with van der Waals surface area (Å²) in [5.74, 6) is -0.206. The normalized spacial score (nSPS) is 19.9. The molecule has 2 nitrogen and oxygen atoms in total. The summed E-state index contributed by atoms with van der Waals surface area (Å²) in [6, 6.07) is 6.45. The third-order valence-electron chi connectivity index (χ3n) is 2.75. The Hall–Kier alpha value is -0.930. The van der Waals surface area contributed by atoms with Crippen LogP contribution in [0.1, 0.15) is 24.6 Å². The molecule has 1 saturated heterocycles. The van der Waals surface area contributed by atoms with Gasteiger partial charge in [0.15, 0.2) is 0 Å². The molecule has 2 rings (SSSR count). The Morgan fingerprint density at radius 3 is 2.29 bits per heavy atom. The van der Waals surface area contributed by atoms with Gasteiger partial charge >= 0.3 is 0 Å². The molecule has 0 radical (unpaired) electrons. The lowest BCUT2D eigenvalue weighted by atomic mass is 10.1. The molecule has 0 bridgehead atoms. The van der Waals surface area contributed by atoms with Crippen molar-refractivity contribution in [3.63, 3.8) is 0 Å². The average molecular weight is 194 g/mol. The maximum Gasteiger partial charge on any atom is 0.123 e. The Balaban J connectivity index is 2.09. The summed E-state index contributed by atoms with van der Waals surface area (Å²) < 4.78 is 12.7. The molecule has 1 aromatic rings. The van der Waals surface area contributed by atoms with Crippen LogP contribution in [0.25, 0.3) is 0 Å². The third kappa shape index (κ3) is 1.94. The van der Waals surface area contributed by atoms with Crippen LogP contribution in [0, 0.1) is 5.82 Å². The lowest BCUT2D eigenvalue weighted by Gasteiger charge is -2.23. The Morgan fingerprint density at radius 2 is 1.71 bits per heavy atom. The quantitative estimate of drug-likeness (QED) is 0.778. The maximum atomic E-state index is 12.7. The van der Waals surface area contributed by atoms with Crippen molar-refractivity contribution in [1.29, 1.82) is 0 Å². The van der Waals surface area contributed by atoms with Gasteiger partial charge in [0, 0.05) is 0 Å². The van der Waals surface area contributed by atoms with E-state index in [2.05, 4.69) is 4.90 Å². The molecule has 0 spiro atoms. The molecule has 2 N–H and O–H groups in total. The van der Waals surface area contributed by atoms with E-state index in [1.165, 1.54) is 25.0 Å². The minimum Gasteiger partial charge on any atom is -0.312 e. The molecule has 1 unspecified atom stereocenters. The molecule has 0 saturated carbocycles. The van der Waals surface area contributed by atoms with Gasteiger partial charge in [0.05, 0.1) is 6.17 Å². The summed E-state index contributed by atoms with van der Waals surface area (Å²) in [5, 5.41) is 0. The predicted molar refractivity (Wildman–Crippen MR) is 54.1 cm³/mol. The van der Waals surface area contributed by atoms with Crippen LogP contribution in [-0.4, -0.2) is 18.0 Å². The monoisotopic (exact) mass is 194 g/mol. The fraction of sp³-hybridized carbons (Fsp3) is 0.455. The molecule has 0 aromatic heterocycles. The molecule has 0 amide bonds. The van der Waals surface area contributed by atoms with Crippen molar-refractivity contribution < 1.29 is 4.39 Å². The van der Waals surface area contributed by atoms with E-state index in [1.807, 2.05) is 0 Å². The summed E-state index contributed by atoms with van der Waals surface area (Å²) in [6.45, 7) is 2.11. The Kier molecular flexibility index (Phi) is 2.79. The lowest BCUT2D eigenvalue weighted by Crippen LogP contribution is -2.31. The summed E-state index contributed by atoms with van der Waals surface area (Å²) in [6.07, 6.45) is 2.36. The van der Waals surface area contributed by atoms with Gasteiger partial charge in [0.1, 0.15) is 5.82 Å². The van der Waals surface area contributed by atoms with Gasteiger partial charge in [-0.3, -0.25) is 4.90 Å². The first-order valence-electron chi connectivity index (χ1n) is 5.02. The number of nitrogens with zero attached hydrogens (tertiary/aromatic N) is 1. The number of hydrogen-bond donors (Lipinski definition) is 1. The Bertz CT molecular complexity index is 291. The Morgan fingerprint density at radius 1 is 1.14 bits per heavy atom. The predicted octanol–water partition coefficient (Wildman–Crippen LogP) is 1.88. The van der Waals surface area contributed by atoms with Crippen LogP contribution in [0.3, 0.4) is 0 Å². The van der Waals surface area contributed by atoms with Crippen LogP contribution < -0.4 is 5.73 Å². The molecule has 1 aliphatic rings. The molecule has 1 atom stereocenters. The van der Waals surface area contributed by atoms with Crippen LogP contribution in [0.15, 0.2) is 24.3 Å². The first kappa shape index (κ1) is 9.62. The zero-order valence-corrected chi connectivity index (χ0v) is 8.12. The van der Waals surface area contributed by atoms with Gasteiger partial charge in [-0.15, -0.1) is 0 Å². The van der Waals surface area contributed by atoms with Gasteiger partial charge < -0.3 is 5.73 Å².